The highest BCUT2D eigenvalue weighted by atomic mass is 19.1. The van der Waals surface area contributed by atoms with Gasteiger partial charge >= 0.3 is 0 Å². The number of hydrogen-bond acceptors (Lipinski definition) is 16. The smallest absolute Gasteiger partial charge is 0.159 e. The summed E-state index contributed by atoms with van der Waals surface area (Å²) >= 11 is 0. The number of hydrogen-bond donors (Lipinski definition) is 11. The third-order valence-electron chi connectivity index (χ3n) is 27.0. The molecule has 11 N–H and O–H groups in total. The Morgan fingerprint density at radius 2 is 0.604 bits per heavy atom. The maximum atomic E-state index is 13.5. The summed E-state index contributed by atoms with van der Waals surface area (Å²) in [7, 11) is 4.09. The van der Waals surface area contributed by atoms with Crippen LogP contribution in [-0.4, -0.2) is 132 Å². The minimum atomic E-state index is -0.262. The zero-order valence-electron chi connectivity index (χ0n) is 81.8. The second-order valence-corrected chi connectivity index (χ2v) is 38.1. The SMILES string of the molecule is CC(C)Nc1cncc(-c2ccc3[nH]nc(-c4nc5c(-c6ccc(F)cc6)cccc5[nH]4)c3c2)c1.CN(C)Cc1cncc(-c2ccc3[nH]nc(-c4nc5c(-c6ccc(F)cc6)cccc5[nH]4)c3c2)c1.Fc1ccc(-c2cccc3[nH]c(-c4n[nH]c5ccc(-c6cncc(CNCC7CCCC7)c6)cc45)nc23)cc1.Fc1ccc(-c2cccc3[nH]c(-c4n[nH]c5ccc(-c6cncc(CNCc7ccccc7)c6)cc45)nc23)cc1. The van der Waals surface area contributed by atoms with E-state index in [1.54, 1.807) is 48.5 Å². The van der Waals surface area contributed by atoms with Gasteiger partial charge in [-0.05, 0) is 266 Å². The van der Waals surface area contributed by atoms with E-state index in [4.69, 9.17) is 19.9 Å². The Bertz CT molecular complexity index is 8880. The highest BCUT2D eigenvalue weighted by Crippen LogP contribution is 2.42. The predicted molar refractivity (Wildman–Crippen MR) is 586 cm³/mol. The van der Waals surface area contributed by atoms with Crippen LogP contribution in [0.1, 0.15) is 61.8 Å². The first kappa shape index (κ1) is 94.2. The molecule has 0 bridgehead atoms. The molecular formula is C121H100F4N24. The van der Waals surface area contributed by atoms with Gasteiger partial charge in [-0.15, -0.1) is 0 Å². The number of imidazole rings is 4. The van der Waals surface area contributed by atoms with Crippen molar-refractivity contribution in [3.63, 3.8) is 0 Å². The van der Waals surface area contributed by atoms with Crippen LogP contribution in [0.2, 0.25) is 0 Å². The molecule has 1 fully saturated rings. The molecule has 0 aliphatic heterocycles. The number of halogens is 4. The average molecular weight is 1970 g/mol. The van der Waals surface area contributed by atoms with Crippen LogP contribution in [0.3, 0.4) is 0 Å². The molecule has 12 aromatic heterocycles. The van der Waals surface area contributed by atoms with Gasteiger partial charge in [0.2, 0.25) is 0 Å². The Hall–Kier alpha value is -18.4. The van der Waals surface area contributed by atoms with E-state index in [1.807, 2.05) is 161 Å². The van der Waals surface area contributed by atoms with Gasteiger partial charge in [0, 0.05) is 148 Å². The molecule has 0 unspecified atom stereocenters. The largest absolute Gasteiger partial charge is 0.382 e. The Morgan fingerprint density at radius 3 is 0.946 bits per heavy atom. The number of aromatic nitrogens is 20. The van der Waals surface area contributed by atoms with Crippen molar-refractivity contribution < 1.29 is 17.6 Å². The summed E-state index contributed by atoms with van der Waals surface area (Å²) in [5.74, 6) is 2.48. The lowest BCUT2D eigenvalue weighted by Crippen LogP contribution is -2.20. The van der Waals surface area contributed by atoms with Crippen molar-refractivity contribution in [2.75, 3.05) is 26.0 Å². The van der Waals surface area contributed by atoms with Crippen LogP contribution >= 0.6 is 0 Å². The first-order valence-corrected chi connectivity index (χ1v) is 49.6. The van der Waals surface area contributed by atoms with Crippen LogP contribution in [0.4, 0.5) is 23.2 Å². The number of nitrogens with zero attached hydrogens (tertiary/aromatic N) is 13. The Balaban J connectivity index is 0.000000109. The Kier molecular flexibility index (Phi) is 26.4. The van der Waals surface area contributed by atoms with Gasteiger partial charge in [0.1, 0.15) is 46.0 Å². The third-order valence-corrected chi connectivity index (χ3v) is 27.0. The molecule has 0 amide bonds. The topological polar surface area (TPSA) is 320 Å². The first-order chi connectivity index (χ1) is 73.0. The third kappa shape index (κ3) is 20.5. The minimum absolute atomic E-state index is 0.256. The van der Waals surface area contributed by atoms with Crippen LogP contribution in [0.15, 0.2) is 347 Å². The fraction of sp³-hybridized carbons (Fsp3) is 0.124. The summed E-state index contributed by atoms with van der Waals surface area (Å²) < 4.78 is 53.9. The second kappa shape index (κ2) is 41.8. The van der Waals surface area contributed by atoms with Crippen molar-refractivity contribution >= 4 is 93.4 Å². The van der Waals surface area contributed by atoms with Crippen molar-refractivity contribution in [1.82, 2.24) is 116 Å². The summed E-state index contributed by atoms with van der Waals surface area (Å²) in [5, 5.41) is 45.3. The molecular weight excluding hydrogens is 1870 g/mol. The van der Waals surface area contributed by atoms with Gasteiger partial charge in [-0.2, -0.15) is 20.4 Å². The van der Waals surface area contributed by atoms with Gasteiger partial charge in [-0.25, -0.2) is 37.5 Å². The van der Waals surface area contributed by atoms with Crippen molar-refractivity contribution in [2.45, 2.75) is 71.8 Å². The van der Waals surface area contributed by atoms with E-state index in [9.17, 15) is 17.6 Å². The number of rotatable bonds is 24. The van der Waals surface area contributed by atoms with E-state index in [0.717, 1.165) is 255 Å². The first-order valence-electron chi connectivity index (χ1n) is 49.6. The molecule has 149 heavy (non-hydrogen) atoms. The quantitative estimate of drug-likeness (QED) is 0.0251. The van der Waals surface area contributed by atoms with E-state index in [2.05, 4.69) is 218 Å². The Morgan fingerprint density at radius 1 is 0.295 bits per heavy atom. The van der Waals surface area contributed by atoms with Crippen molar-refractivity contribution in [3.05, 3.63) is 392 Å². The molecule has 0 atom stereocenters. The van der Waals surface area contributed by atoms with Crippen molar-refractivity contribution in [3.8, 4) is 135 Å². The van der Waals surface area contributed by atoms with Crippen LogP contribution in [-0.2, 0) is 26.2 Å². The van der Waals surface area contributed by atoms with Gasteiger partial charge in [-0.1, -0.05) is 165 Å². The van der Waals surface area contributed by atoms with E-state index in [0.29, 0.717) is 29.3 Å². The molecule has 0 radical (unpaired) electrons. The highest BCUT2D eigenvalue weighted by molar-refractivity contribution is 6.04. The van der Waals surface area contributed by atoms with Crippen LogP contribution in [0.5, 0.6) is 0 Å². The fourth-order valence-corrected chi connectivity index (χ4v) is 19.7. The van der Waals surface area contributed by atoms with E-state index < -0.39 is 0 Å². The highest BCUT2D eigenvalue weighted by Gasteiger charge is 2.25. The lowest BCUT2D eigenvalue weighted by Gasteiger charge is -2.11. The number of fused-ring (bicyclic) bond motifs is 8. The van der Waals surface area contributed by atoms with E-state index >= 15 is 0 Å². The normalized spacial score (nSPS) is 12.2. The maximum Gasteiger partial charge on any atom is 0.159 e. The van der Waals surface area contributed by atoms with Gasteiger partial charge in [0.05, 0.1) is 71.9 Å². The number of benzene rings is 13. The second-order valence-electron chi connectivity index (χ2n) is 38.1. The number of pyridine rings is 4. The van der Waals surface area contributed by atoms with Crippen molar-refractivity contribution in [2.24, 2.45) is 5.92 Å². The monoisotopic (exact) mass is 1960 g/mol. The average Bonchev–Trinajstić information content (AvgIpc) is 1.62. The molecule has 26 rings (SSSR count). The van der Waals surface area contributed by atoms with Gasteiger partial charge in [0.15, 0.2) is 23.3 Å². The molecule has 12 heterocycles. The number of aromatic amines is 8. The zero-order chi connectivity index (χ0) is 101. The predicted octanol–water partition coefficient (Wildman–Crippen LogP) is 27.3. The molecule has 732 valence electrons. The fourth-order valence-electron chi connectivity index (χ4n) is 19.7. The molecule has 25 aromatic rings. The van der Waals surface area contributed by atoms with Gasteiger partial charge in [-0.3, -0.25) is 40.3 Å². The summed E-state index contributed by atoms with van der Waals surface area (Å²) in [4.78, 5) is 53.4. The van der Waals surface area contributed by atoms with E-state index in [1.165, 1.54) is 85.3 Å². The number of H-pyrrole nitrogens is 8. The number of anilines is 1. The number of nitrogens with one attached hydrogen (secondary N) is 11. The molecule has 1 aliphatic rings. The van der Waals surface area contributed by atoms with Crippen LogP contribution in [0, 0.1) is 29.2 Å². The molecule has 1 aliphatic carbocycles. The van der Waals surface area contributed by atoms with Gasteiger partial charge in [0.25, 0.3) is 0 Å². The summed E-state index contributed by atoms with van der Waals surface area (Å²) in [6.45, 7) is 8.47. The minimum Gasteiger partial charge on any atom is -0.382 e. The Labute approximate surface area is 853 Å². The lowest BCUT2D eigenvalue weighted by molar-refractivity contribution is 0.402. The molecule has 24 nitrogen and oxygen atoms in total. The van der Waals surface area contributed by atoms with Gasteiger partial charge < -0.3 is 40.8 Å². The summed E-state index contributed by atoms with van der Waals surface area (Å²) in [6, 6.07) is 94.0. The molecule has 13 aromatic carbocycles. The maximum absolute atomic E-state index is 13.5. The standard InChI is InChI=1S/C33H25FN6.C32H29FN6.2C28H23FN6/c34-26-12-9-23(10-13-26)27-7-4-8-30-31(27)38-33(37-30)32-28-16-24(11-14-29(28)39-40-32)25-15-22(19-36-20-25)18-35-17-21-5-2-1-3-6-21;33-25-11-8-22(9-12-25)26-6-3-7-29-30(26)37-32(36-29)31-27-15-23(10-13-28(27)38-39-31)24-14-21(18-35-19-24)17-34-16-20-4-1-2-5-20;1-35(2)16-17-12-20(15-30-14-17)19-8-11-24-23(13-19)27(34-33-24)28-31-25-5-3-4-22(26(25)32-28)18-6-9-21(29)10-7-18;1-16(2)31-21-12-19(14-30-15-21)18-8-11-24-23(13-18)27(35-34-24)28-32-25-5-3-4-22(26(25)33-28)17-6-9-20(29)10-7-17/h1-16,19-20,35H,17-18H2,(H,37,38)(H,39,40);3,6-15,18-20,34H,1-2,4-5,16-17H2,(H,36,37)(H,38,39);3-15H,16H2,1-2H3,(H,31,32)(H,33,34);3-16,31H,1-2H3,(H,32,33)(H,34,35). The lowest BCUT2D eigenvalue weighted by atomic mass is 10.0. The van der Waals surface area contributed by atoms with Crippen molar-refractivity contribution in [1.29, 1.82) is 0 Å². The van der Waals surface area contributed by atoms with E-state index in [-0.39, 0.29) is 23.3 Å². The van der Waals surface area contributed by atoms with Crippen LogP contribution in [0.25, 0.3) is 223 Å². The summed E-state index contributed by atoms with van der Waals surface area (Å²) in [5.41, 5.74) is 35.1. The molecule has 0 spiro atoms. The zero-order valence-corrected chi connectivity index (χ0v) is 81.8. The molecule has 1 saturated carbocycles. The molecule has 28 heteroatoms. The number of para-hydroxylation sites is 4. The summed E-state index contributed by atoms with van der Waals surface area (Å²) in [6.07, 6.45) is 20.5. The van der Waals surface area contributed by atoms with Crippen LogP contribution < -0.4 is 16.0 Å². The molecule has 0 saturated heterocycles.